The Morgan fingerprint density at radius 1 is 1.19 bits per heavy atom. The molecule has 4 rings (SSSR count). The van der Waals surface area contributed by atoms with Gasteiger partial charge >= 0.3 is 0 Å². The van der Waals surface area contributed by atoms with Gasteiger partial charge < -0.3 is 24.6 Å². The van der Waals surface area contributed by atoms with Gasteiger partial charge in [-0.3, -0.25) is 14.4 Å². The van der Waals surface area contributed by atoms with Gasteiger partial charge in [0.05, 0.1) is 13.7 Å². The maximum absolute atomic E-state index is 15.1. The Morgan fingerprint density at radius 3 is 2.56 bits per heavy atom. The Hall–Kier alpha value is -3.69. The van der Waals surface area contributed by atoms with E-state index in [1.165, 1.54) is 40.8 Å². The van der Waals surface area contributed by atoms with Crippen LogP contribution in [0.15, 0.2) is 59.5 Å². The third-order valence-corrected chi connectivity index (χ3v) is 6.52. The topological polar surface area (TPSA) is 101 Å². The SMILES string of the molecule is COc1ccc([C@@H]2CN(c3c(C)ccn(CCO)c3=O)C(=O)[C@H]2NC(=O)c2ccc(Cl)cc2)c(F)c1. The molecular weight excluding hydrogens is 489 g/mol. The monoisotopic (exact) mass is 513 g/mol. The number of ether oxygens (including phenoxy) is 1. The lowest BCUT2D eigenvalue weighted by molar-refractivity contribution is -0.118. The highest BCUT2D eigenvalue weighted by atomic mass is 35.5. The molecule has 0 saturated carbocycles. The number of hydrogen-bond donors (Lipinski definition) is 2. The molecule has 3 aromatic rings. The number of amides is 2. The van der Waals surface area contributed by atoms with Crippen LogP contribution in [0.3, 0.4) is 0 Å². The molecule has 2 atom stereocenters. The van der Waals surface area contributed by atoms with Crippen molar-refractivity contribution >= 4 is 29.1 Å². The predicted molar refractivity (Wildman–Crippen MR) is 133 cm³/mol. The molecule has 1 saturated heterocycles. The van der Waals surface area contributed by atoms with Crippen LogP contribution in [0, 0.1) is 12.7 Å². The van der Waals surface area contributed by atoms with E-state index in [-0.39, 0.29) is 36.5 Å². The molecule has 1 aliphatic rings. The van der Waals surface area contributed by atoms with Crippen molar-refractivity contribution < 1.29 is 23.8 Å². The number of aromatic nitrogens is 1. The second-order valence-electron chi connectivity index (χ2n) is 8.47. The minimum atomic E-state index is -1.14. The third-order valence-electron chi connectivity index (χ3n) is 6.27. The molecule has 2 heterocycles. The van der Waals surface area contributed by atoms with Crippen molar-refractivity contribution in [2.75, 3.05) is 25.2 Å². The fraction of sp³-hybridized carbons (Fsp3) is 0.269. The molecule has 10 heteroatoms. The Kier molecular flexibility index (Phi) is 7.42. The Bertz CT molecular complexity index is 1360. The molecule has 0 radical (unpaired) electrons. The average Bonchev–Trinajstić information content (AvgIpc) is 3.16. The second kappa shape index (κ2) is 10.5. The van der Waals surface area contributed by atoms with Crippen molar-refractivity contribution in [1.29, 1.82) is 0 Å². The normalized spacial score (nSPS) is 17.4. The fourth-order valence-corrected chi connectivity index (χ4v) is 4.53. The summed E-state index contributed by atoms with van der Waals surface area (Å²) in [5.41, 5.74) is 0.688. The molecule has 1 aliphatic heterocycles. The van der Waals surface area contributed by atoms with E-state index in [0.717, 1.165) is 0 Å². The molecule has 2 aromatic carbocycles. The molecule has 0 spiro atoms. The van der Waals surface area contributed by atoms with Gasteiger partial charge in [-0.1, -0.05) is 17.7 Å². The molecular formula is C26H25ClFN3O5. The number of nitrogens with zero attached hydrogens (tertiary/aromatic N) is 2. The van der Waals surface area contributed by atoms with E-state index in [1.807, 2.05) is 0 Å². The minimum absolute atomic E-state index is 0.0349. The van der Waals surface area contributed by atoms with E-state index in [1.54, 1.807) is 37.4 Å². The van der Waals surface area contributed by atoms with E-state index in [0.29, 0.717) is 16.3 Å². The zero-order valence-electron chi connectivity index (χ0n) is 19.7. The highest BCUT2D eigenvalue weighted by Crippen LogP contribution is 2.35. The Labute approximate surface area is 211 Å². The van der Waals surface area contributed by atoms with Crippen LogP contribution in [-0.4, -0.2) is 47.8 Å². The number of rotatable bonds is 7. The number of aryl methyl sites for hydroxylation is 1. The fourth-order valence-electron chi connectivity index (χ4n) is 4.40. The number of methoxy groups -OCH3 is 1. The lowest BCUT2D eigenvalue weighted by atomic mass is 9.93. The highest BCUT2D eigenvalue weighted by molar-refractivity contribution is 6.30. The number of hydrogen-bond acceptors (Lipinski definition) is 5. The number of carbonyl (C=O) groups is 2. The van der Waals surface area contributed by atoms with E-state index >= 15 is 4.39 Å². The molecule has 36 heavy (non-hydrogen) atoms. The van der Waals surface area contributed by atoms with Crippen LogP contribution in [-0.2, 0) is 11.3 Å². The zero-order chi connectivity index (χ0) is 26.0. The maximum Gasteiger partial charge on any atom is 0.274 e. The summed E-state index contributed by atoms with van der Waals surface area (Å²) in [7, 11) is 1.42. The number of aliphatic hydroxyl groups excluding tert-OH is 1. The molecule has 0 unspecified atom stereocenters. The predicted octanol–water partition coefficient (Wildman–Crippen LogP) is 2.88. The molecule has 1 fully saturated rings. The van der Waals surface area contributed by atoms with Crippen LogP contribution in [0.4, 0.5) is 10.1 Å². The van der Waals surface area contributed by atoms with Crippen molar-refractivity contribution in [2.24, 2.45) is 0 Å². The molecule has 2 amide bonds. The van der Waals surface area contributed by atoms with Gasteiger partial charge in [0.2, 0.25) is 5.91 Å². The van der Waals surface area contributed by atoms with Crippen LogP contribution >= 0.6 is 11.6 Å². The van der Waals surface area contributed by atoms with Gasteiger partial charge in [0.15, 0.2) is 0 Å². The number of anilines is 1. The second-order valence-corrected chi connectivity index (χ2v) is 8.91. The first-order chi connectivity index (χ1) is 17.2. The van der Waals surface area contributed by atoms with Crippen LogP contribution in [0.25, 0.3) is 0 Å². The van der Waals surface area contributed by atoms with Gasteiger partial charge in [0, 0.05) is 41.9 Å². The van der Waals surface area contributed by atoms with Gasteiger partial charge in [-0.25, -0.2) is 4.39 Å². The van der Waals surface area contributed by atoms with E-state index in [2.05, 4.69) is 5.32 Å². The number of halogens is 2. The lowest BCUT2D eigenvalue weighted by Crippen LogP contribution is -2.44. The van der Waals surface area contributed by atoms with Crippen LogP contribution < -0.4 is 20.5 Å². The first-order valence-corrected chi connectivity index (χ1v) is 11.6. The van der Waals surface area contributed by atoms with Gasteiger partial charge in [-0.15, -0.1) is 0 Å². The number of aliphatic hydroxyl groups is 1. The maximum atomic E-state index is 15.1. The van der Waals surface area contributed by atoms with Crippen molar-refractivity contribution in [1.82, 2.24) is 9.88 Å². The molecule has 2 N–H and O–H groups in total. The number of nitrogens with one attached hydrogen (secondary N) is 1. The van der Waals surface area contributed by atoms with Crippen LogP contribution in [0.2, 0.25) is 5.02 Å². The van der Waals surface area contributed by atoms with E-state index < -0.39 is 35.2 Å². The first kappa shape index (κ1) is 25.4. The third kappa shape index (κ3) is 4.84. The Balaban J connectivity index is 1.76. The summed E-state index contributed by atoms with van der Waals surface area (Å²) in [5.74, 6) is -2.15. The van der Waals surface area contributed by atoms with E-state index in [4.69, 9.17) is 16.3 Å². The van der Waals surface area contributed by atoms with Gasteiger partial charge in [0.1, 0.15) is 23.3 Å². The van der Waals surface area contributed by atoms with E-state index in [9.17, 15) is 19.5 Å². The summed E-state index contributed by atoms with van der Waals surface area (Å²) < 4.78 is 21.5. The van der Waals surface area contributed by atoms with Crippen molar-refractivity contribution in [2.45, 2.75) is 25.4 Å². The van der Waals surface area contributed by atoms with Crippen LogP contribution in [0.5, 0.6) is 5.75 Å². The summed E-state index contributed by atoms with van der Waals surface area (Å²) in [6.07, 6.45) is 1.54. The summed E-state index contributed by atoms with van der Waals surface area (Å²) in [4.78, 5) is 41.1. The van der Waals surface area contributed by atoms with Crippen molar-refractivity contribution in [3.05, 3.63) is 92.6 Å². The van der Waals surface area contributed by atoms with Gasteiger partial charge in [-0.2, -0.15) is 0 Å². The molecule has 0 bridgehead atoms. The summed E-state index contributed by atoms with van der Waals surface area (Å²) >= 11 is 5.92. The first-order valence-electron chi connectivity index (χ1n) is 11.3. The summed E-state index contributed by atoms with van der Waals surface area (Å²) in [5, 5.41) is 12.5. The molecule has 188 valence electrons. The molecule has 8 nitrogen and oxygen atoms in total. The molecule has 0 aliphatic carbocycles. The zero-order valence-corrected chi connectivity index (χ0v) is 20.5. The quantitative estimate of drug-likeness (QED) is 0.506. The smallest absolute Gasteiger partial charge is 0.274 e. The average molecular weight is 514 g/mol. The van der Waals surface area contributed by atoms with Gasteiger partial charge in [-0.05, 0) is 54.4 Å². The van der Waals surface area contributed by atoms with Gasteiger partial charge in [0.25, 0.3) is 11.5 Å². The van der Waals surface area contributed by atoms with Crippen molar-refractivity contribution in [3.63, 3.8) is 0 Å². The Morgan fingerprint density at radius 2 is 1.92 bits per heavy atom. The number of benzene rings is 2. The summed E-state index contributed by atoms with van der Waals surface area (Å²) in [6.45, 7) is 1.46. The minimum Gasteiger partial charge on any atom is -0.497 e. The standard InChI is InChI=1S/C26H25ClFN3O5/c1-15-9-10-30(11-12-32)26(35)23(15)31-14-20(19-8-7-18(36-2)13-21(19)28)22(25(31)34)29-24(33)16-3-5-17(27)6-4-16/h3-10,13,20,22,32H,11-12,14H2,1-2H3,(H,29,33)/t20-,22-/m0/s1. The number of pyridine rings is 1. The number of carbonyl (C=O) groups excluding carboxylic acids is 2. The van der Waals surface area contributed by atoms with Crippen LogP contribution in [0.1, 0.15) is 27.4 Å². The summed E-state index contributed by atoms with van der Waals surface area (Å²) in [6, 6.07) is 11.0. The highest BCUT2D eigenvalue weighted by Gasteiger charge is 2.45. The largest absolute Gasteiger partial charge is 0.497 e. The lowest BCUT2D eigenvalue weighted by Gasteiger charge is -2.20. The molecule has 1 aromatic heterocycles. The van der Waals surface area contributed by atoms with Crippen molar-refractivity contribution in [3.8, 4) is 5.75 Å².